The zero-order valence-corrected chi connectivity index (χ0v) is 19.9. The SMILES string of the molecule is COc1ccc(CN(N)C(=O)[C@@H](C[S+]([O-])CC2CCCCC2)C(=O)OC(C)(C)C)cc1. The topological polar surface area (TPSA) is 105 Å². The number of esters is 1. The number of benzene rings is 1. The molecule has 8 heteroatoms. The number of methoxy groups -OCH3 is 1. The van der Waals surface area contributed by atoms with Gasteiger partial charge in [-0.25, -0.2) is 5.84 Å². The maximum Gasteiger partial charge on any atom is 0.323 e. The van der Waals surface area contributed by atoms with Crippen molar-refractivity contribution in [2.45, 2.75) is 65.0 Å². The lowest BCUT2D eigenvalue weighted by Crippen LogP contribution is -2.47. The number of hydrogen-bond donors (Lipinski definition) is 1. The van der Waals surface area contributed by atoms with Crippen molar-refractivity contribution in [3.63, 3.8) is 0 Å². The first-order valence-corrected chi connectivity index (χ1v) is 12.3. The summed E-state index contributed by atoms with van der Waals surface area (Å²) in [6.07, 6.45) is 5.62. The first-order valence-electron chi connectivity index (χ1n) is 10.9. The molecule has 31 heavy (non-hydrogen) atoms. The van der Waals surface area contributed by atoms with Crippen molar-refractivity contribution < 1.29 is 23.6 Å². The van der Waals surface area contributed by atoms with Gasteiger partial charge in [-0.05, 0) is 51.3 Å². The summed E-state index contributed by atoms with van der Waals surface area (Å²) in [7, 11) is 1.58. The van der Waals surface area contributed by atoms with Crippen LogP contribution in [0.1, 0.15) is 58.4 Å². The Hall–Kier alpha value is -1.77. The first kappa shape index (κ1) is 25.5. The molecule has 0 aliphatic heterocycles. The molecular formula is C23H36N2O5S. The second-order valence-corrected chi connectivity index (χ2v) is 10.7. The van der Waals surface area contributed by atoms with Crippen LogP contribution in [0.3, 0.4) is 0 Å². The maximum atomic E-state index is 13.1. The number of nitrogens with zero attached hydrogens (tertiary/aromatic N) is 1. The molecule has 1 aromatic rings. The zero-order valence-electron chi connectivity index (χ0n) is 19.1. The molecule has 1 saturated carbocycles. The molecule has 1 fully saturated rings. The zero-order chi connectivity index (χ0) is 23.0. The number of rotatable bonds is 9. The molecule has 2 atom stereocenters. The fraction of sp³-hybridized carbons (Fsp3) is 0.652. The van der Waals surface area contributed by atoms with E-state index in [1.54, 1.807) is 52.1 Å². The summed E-state index contributed by atoms with van der Waals surface area (Å²) in [5.74, 6) is 5.10. The average Bonchev–Trinajstić information content (AvgIpc) is 2.71. The van der Waals surface area contributed by atoms with Crippen molar-refractivity contribution in [2.24, 2.45) is 17.7 Å². The third kappa shape index (κ3) is 8.71. The van der Waals surface area contributed by atoms with Crippen LogP contribution in [0.5, 0.6) is 5.75 Å². The van der Waals surface area contributed by atoms with E-state index < -0.39 is 34.6 Å². The number of amides is 1. The van der Waals surface area contributed by atoms with E-state index in [1.165, 1.54) is 6.42 Å². The predicted molar refractivity (Wildman–Crippen MR) is 122 cm³/mol. The van der Waals surface area contributed by atoms with Crippen LogP contribution in [0.25, 0.3) is 0 Å². The van der Waals surface area contributed by atoms with Gasteiger partial charge < -0.3 is 14.0 Å². The van der Waals surface area contributed by atoms with Gasteiger partial charge in [0.2, 0.25) is 0 Å². The largest absolute Gasteiger partial charge is 0.616 e. The lowest BCUT2D eigenvalue weighted by atomic mass is 9.91. The van der Waals surface area contributed by atoms with Crippen molar-refractivity contribution in [3.05, 3.63) is 29.8 Å². The van der Waals surface area contributed by atoms with Gasteiger partial charge in [-0.2, -0.15) is 0 Å². The lowest BCUT2D eigenvalue weighted by molar-refractivity contribution is -0.164. The van der Waals surface area contributed by atoms with Gasteiger partial charge in [0.25, 0.3) is 5.91 Å². The quantitative estimate of drug-likeness (QED) is 0.154. The molecule has 0 spiro atoms. The van der Waals surface area contributed by atoms with E-state index in [0.717, 1.165) is 36.3 Å². The Morgan fingerprint density at radius 3 is 2.35 bits per heavy atom. The van der Waals surface area contributed by atoms with E-state index in [-0.39, 0.29) is 12.3 Å². The Bertz CT molecular complexity index is 714. The molecule has 1 aliphatic carbocycles. The lowest BCUT2D eigenvalue weighted by Gasteiger charge is -2.28. The van der Waals surface area contributed by atoms with Gasteiger partial charge in [-0.1, -0.05) is 42.6 Å². The molecule has 0 bridgehead atoms. The van der Waals surface area contributed by atoms with Gasteiger partial charge in [-0.3, -0.25) is 14.6 Å². The summed E-state index contributed by atoms with van der Waals surface area (Å²) >= 11 is -1.30. The molecule has 0 aromatic heterocycles. The van der Waals surface area contributed by atoms with Crippen LogP contribution in [-0.2, 0) is 32.0 Å². The van der Waals surface area contributed by atoms with Gasteiger partial charge in [0.15, 0.2) is 5.92 Å². The minimum absolute atomic E-state index is 0.0689. The van der Waals surface area contributed by atoms with Gasteiger partial charge in [-0.15, -0.1) is 0 Å². The van der Waals surface area contributed by atoms with Gasteiger partial charge >= 0.3 is 5.97 Å². The molecule has 1 aromatic carbocycles. The smallest absolute Gasteiger partial charge is 0.323 e. The number of hydrogen-bond acceptors (Lipinski definition) is 6. The van der Waals surface area contributed by atoms with E-state index >= 15 is 0 Å². The monoisotopic (exact) mass is 452 g/mol. The molecule has 1 amide bonds. The Labute approximate surface area is 188 Å². The minimum Gasteiger partial charge on any atom is -0.616 e. The van der Waals surface area contributed by atoms with Gasteiger partial charge in [0.05, 0.1) is 13.7 Å². The highest BCUT2D eigenvalue weighted by Gasteiger charge is 2.38. The highest BCUT2D eigenvalue weighted by atomic mass is 32.2. The fourth-order valence-electron chi connectivity index (χ4n) is 3.69. The van der Waals surface area contributed by atoms with Gasteiger partial charge in [0, 0.05) is 5.92 Å². The number of hydrazine groups is 1. The van der Waals surface area contributed by atoms with Gasteiger partial charge in [0.1, 0.15) is 22.9 Å². The molecule has 7 nitrogen and oxygen atoms in total. The van der Waals surface area contributed by atoms with Crippen molar-refractivity contribution >= 4 is 23.1 Å². The number of carbonyl (C=O) groups is 2. The standard InChI is InChI=1S/C23H36N2O5S/c1-23(2,3)30-22(27)20(16-31(28)15-18-8-6-5-7-9-18)21(26)25(24)14-17-10-12-19(29-4)13-11-17/h10-13,18,20H,5-9,14-16,24H2,1-4H3/t20-,31?/m1/s1. The summed E-state index contributed by atoms with van der Waals surface area (Å²) in [5, 5.41) is 1.01. The molecule has 2 rings (SSSR count). The van der Waals surface area contributed by atoms with Crippen LogP contribution in [0.15, 0.2) is 24.3 Å². The van der Waals surface area contributed by atoms with Crippen molar-refractivity contribution in [3.8, 4) is 5.75 Å². The van der Waals surface area contributed by atoms with Crippen molar-refractivity contribution in [2.75, 3.05) is 18.6 Å². The Balaban J connectivity index is 2.07. The Kier molecular flexibility index (Phi) is 9.65. The van der Waals surface area contributed by atoms with E-state index in [0.29, 0.717) is 17.4 Å². The number of nitrogens with two attached hydrogens (primary N) is 1. The average molecular weight is 453 g/mol. The van der Waals surface area contributed by atoms with Crippen LogP contribution in [0.4, 0.5) is 0 Å². The Morgan fingerprint density at radius 2 is 1.81 bits per heavy atom. The second kappa shape index (κ2) is 11.7. The molecular weight excluding hydrogens is 416 g/mol. The molecule has 174 valence electrons. The second-order valence-electron chi connectivity index (χ2n) is 9.18. The van der Waals surface area contributed by atoms with Crippen LogP contribution >= 0.6 is 0 Å². The van der Waals surface area contributed by atoms with Crippen LogP contribution in [0.2, 0.25) is 0 Å². The molecule has 1 unspecified atom stereocenters. The third-order valence-corrected chi connectivity index (χ3v) is 6.83. The summed E-state index contributed by atoms with van der Waals surface area (Å²) in [5.41, 5.74) is 0.0403. The van der Waals surface area contributed by atoms with E-state index in [4.69, 9.17) is 15.3 Å². The number of carbonyl (C=O) groups excluding carboxylic acids is 2. The highest BCUT2D eigenvalue weighted by molar-refractivity contribution is 7.91. The summed E-state index contributed by atoms with van der Waals surface area (Å²) < 4.78 is 23.4. The molecule has 0 saturated heterocycles. The third-order valence-electron chi connectivity index (χ3n) is 5.28. The van der Waals surface area contributed by atoms with E-state index in [1.807, 2.05) is 0 Å². The highest BCUT2D eigenvalue weighted by Crippen LogP contribution is 2.26. The van der Waals surface area contributed by atoms with Crippen LogP contribution in [0, 0.1) is 11.8 Å². The molecule has 0 radical (unpaired) electrons. The van der Waals surface area contributed by atoms with Crippen LogP contribution < -0.4 is 10.6 Å². The van der Waals surface area contributed by atoms with Crippen LogP contribution in [-0.4, -0.2) is 45.7 Å². The molecule has 2 N–H and O–H groups in total. The maximum absolute atomic E-state index is 13.1. The summed E-state index contributed by atoms with van der Waals surface area (Å²) in [6.45, 7) is 5.34. The van der Waals surface area contributed by atoms with E-state index in [2.05, 4.69) is 0 Å². The van der Waals surface area contributed by atoms with Crippen molar-refractivity contribution in [1.29, 1.82) is 0 Å². The van der Waals surface area contributed by atoms with E-state index in [9.17, 15) is 14.1 Å². The predicted octanol–water partition coefficient (Wildman–Crippen LogP) is 3.18. The van der Waals surface area contributed by atoms with Crippen molar-refractivity contribution in [1.82, 2.24) is 5.01 Å². The normalized spacial score (nSPS) is 17.0. The Morgan fingerprint density at radius 1 is 1.19 bits per heavy atom. The summed E-state index contributed by atoms with van der Waals surface area (Å²) in [6, 6.07) is 7.15. The molecule has 0 heterocycles. The molecule has 1 aliphatic rings. The number of ether oxygens (including phenoxy) is 2. The first-order chi connectivity index (χ1) is 14.6. The minimum atomic E-state index is -1.30. The summed E-state index contributed by atoms with van der Waals surface area (Å²) in [4.78, 5) is 25.9. The fourth-order valence-corrected chi connectivity index (χ4v) is 5.34.